The molecule has 0 nitrogen and oxygen atoms in total. The van der Waals surface area contributed by atoms with Gasteiger partial charge in [-0.15, -0.1) is 0 Å². The molecule has 0 aliphatic rings. The van der Waals surface area contributed by atoms with Gasteiger partial charge < -0.3 is 0 Å². The van der Waals surface area contributed by atoms with Crippen LogP contribution in [0.25, 0.3) is 0 Å². The zero-order valence-electron chi connectivity index (χ0n) is 10.2. The lowest BCUT2D eigenvalue weighted by atomic mass is 10.0. The maximum atomic E-state index is 5.44. The van der Waals surface area contributed by atoms with Gasteiger partial charge in [0, 0.05) is 0 Å². The molecule has 0 aliphatic carbocycles. The Morgan fingerprint density at radius 1 is 0.714 bits per heavy atom. The van der Waals surface area contributed by atoms with E-state index in [0.29, 0.717) is 0 Å². The molecule has 0 saturated heterocycles. The molecule has 0 N–H and O–H groups in total. The Bertz CT molecular complexity index is 94.2. The predicted octanol–water partition coefficient (Wildman–Crippen LogP) is 5.25. The van der Waals surface area contributed by atoms with Gasteiger partial charge in [0.1, 0.15) is 0 Å². The average Bonchev–Trinajstić information content (AvgIpc) is 2.15. The molecule has 84 valence electrons. The van der Waals surface area contributed by atoms with Crippen LogP contribution in [0.4, 0.5) is 0 Å². The molecule has 0 bridgehead atoms. The molecule has 0 fully saturated rings. The van der Waals surface area contributed by atoms with Crippen molar-refractivity contribution in [2.24, 2.45) is 5.92 Å². The van der Waals surface area contributed by atoms with Crippen LogP contribution in [0.2, 0.25) is 0 Å². The van der Waals surface area contributed by atoms with Crippen molar-refractivity contribution in [3.63, 3.8) is 0 Å². The van der Waals surface area contributed by atoms with Crippen molar-refractivity contribution in [3.8, 4) is 0 Å². The minimum Gasteiger partial charge on any atom is -0.0628 e. The van der Waals surface area contributed by atoms with Crippen molar-refractivity contribution < 1.29 is 0 Å². The summed E-state index contributed by atoms with van der Waals surface area (Å²) in [4.78, 5) is 0. The lowest BCUT2D eigenvalue weighted by Gasteiger charge is -2.04. The molecule has 0 aromatic rings. The summed E-state index contributed by atoms with van der Waals surface area (Å²) in [5, 5.41) is 0. The van der Waals surface area contributed by atoms with Crippen LogP contribution in [0.15, 0.2) is 0 Å². The summed E-state index contributed by atoms with van der Waals surface area (Å²) in [5.74, 6) is 0.888. The van der Waals surface area contributed by atoms with E-state index >= 15 is 0 Å². The van der Waals surface area contributed by atoms with Crippen molar-refractivity contribution in [1.29, 1.82) is 0 Å². The Kier molecular flexibility index (Phi) is 11.1. The summed E-state index contributed by atoms with van der Waals surface area (Å²) in [6.45, 7) is 10.1. The van der Waals surface area contributed by atoms with Gasteiger partial charge in [-0.1, -0.05) is 71.6 Å². The first kappa shape index (κ1) is 14.0. The molecule has 0 rings (SSSR count). The molecule has 0 amide bonds. The van der Waals surface area contributed by atoms with Gasteiger partial charge in [-0.05, 0) is 19.3 Å². The highest BCUT2D eigenvalue weighted by atomic mass is 14.0. The van der Waals surface area contributed by atoms with Gasteiger partial charge in [-0.2, -0.15) is 0 Å². The Balaban J connectivity index is 2.85. The number of rotatable bonds is 10. The van der Waals surface area contributed by atoms with Crippen molar-refractivity contribution in [2.45, 2.75) is 78.1 Å². The Hall–Kier alpha value is 0. The van der Waals surface area contributed by atoms with E-state index in [9.17, 15) is 0 Å². The Labute approximate surface area is 91.5 Å². The summed E-state index contributed by atoms with van der Waals surface area (Å²) in [7, 11) is 0. The smallest absolute Gasteiger partial charge is 0.0352 e. The Morgan fingerprint density at radius 2 is 1.14 bits per heavy atom. The minimum atomic E-state index is 0.869. The molecule has 14 heavy (non-hydrogen) atoms. The van der Waals surface area contributed by atoms with Crippen molar-refractivity contribution >= 4 is 0 Å². The van der Waals surface area contributed by atoms with Gasteiger partial charge in [0.2, 0.25) is 0 Å². The molecular formula is C14H28. The largest absolute Gasteiger partial charge is 0.0628 e. The molecule has 0 unspecified atom stereocenters. The number of hydrogen-bond donors (Lipinski definition) is 0. The summed E-state index contributed by atoms with van der Waals surface area (Å²) >= 11 is 0. The second-order valence-electron chi connectivity index (χ2n) is 4.80. The van der Waals surface area contributed by atoms with Crippen molar-refractivity contribution in [3.05, 3.63) is 6.92 Å². The first-order valence-corrected chi connectivity index (χ1v) is 6.47. The van der Waals surface area contributed by atoms with E-state index < -0.39 is 0 Å². The second kappa shape index (κ2) is 11.1. The first-order chi connectivity index (χ1) is 6.77. The molecule has 2 radical (unpaired) electrons. The molecule has 0 heteroatoms. The third-order valence-corrected chi connectivity index (χ3v) is 2.74. The lowest BCUT2D eigenvalue weighted by Crippen LogP contribution is -1.87. The summed E-state index contributed by atoms with van der Waals surface area (Å²) in [5.41, 5.74) is 0. The van der Waals surface area contributed by atoms with Gasteiger partial charge in [-0.25, -0.2) is 0 Å². The fraction of sp³-hybridized carbons (Fsp3) is 0.929. The third-order valence-electron chi connectivity index (χ3n) is 2.74. The van der Waals surface area contributed by atoms with Gasteiger partial charge in [0.05, 0.1) is 0 Å². The van der Waals surface area contributed by atoms with Crippen LogP contribution in [0, 0.1) is 12.8 Å². The van der Waals surface area contributed by atoms with Gasteiger partial charge in [0.25, 0.3) is 0 Å². The molecule has 0 aromatic carbocycles. The quantitative estimate of drug-likeness (QED) is 0.418. The van der Waals surface area contributed by atoms with E-state index in [1.807, 2.05) is 0 Å². The van der Waals surface area contributed by atoms with Gasteiger partial charge in [-0.3, -0.25) is 0 Å². The van der Waals surface area contributed by atoms with E-state index in [-0.39, 0.29) is 0 Å². The highest BCUT2D eigenvalue weighted by Crippen LogP contribution is 2.12. The summed E-state index contributed by atoms with van der Waals surface area (Å²) in [6, 6.07) is 0. The highest BCUT2D eigenvalue weighted by Gasteiger charge is 1.94. The summed E-state index contributed by atoms with van der Waals surface area (Å²) in [6.07, 6.45) is 13.4. The molecular weight excluding hydrogens is 168 g/mol. The van der Waals surface area contributed by atoms with Crippen LogP contribution in [0.5, 0.6) is 0 Å². The minimum absolute atomic E-state index is 0.869. The summed E-state index contributed by atoms with van der Waals surface area (Å²) < 4.78 is 0. The van der Waals surface area contributed by atoms with Crippen LogP contribution >= 0.6 is 0 Å². The van der Waals surface area contributed by atoms with Crippen molar-refractivity contribution in [2.75, 3.05) is 0 Å². The van der Waals surface area contributed by atoms with Crippen LogP contribution < -0.4 is 0 Å². The Morgan fingerprint density at radius 3 is 1.57 bits per heavy atom. The number of hydrogen-bond acceptors (Lipinski definition) is 0. The van der Waals surface area contributed by atoms with E-state index in [2.05, 4.69) is 13.8 Å². The van der Waals surface area contributed by atoms with E-state index in [0.717, 1.165) is 12.3 Å². The maximum Gasteiger partial charge on any atom is -0.0352 e. The van der Waals surface area contributed by atoms with Gasteiger partial charge >= 0.3 is 0 Å². The topological polar surface area (TPSA) is 0 Å². The monoisotopic (exact) mass is 196 g/mol. The fourth-order valence-corrected chi connectivity index (χ4v) is 1.76. The van der Waals surface area contributed by atoms with Crippen LogP contribution in [-0.4, -0.2) is 0 Å². The van der Waals surface area contributed by atoms with E-state index in [1.165, 1.54) is 57.8 Å². The average molecular weight is 196 g/mol. The molecule has 0 atom stereocenters. The van der Waals surface area contributed by atoms with Crippen LogP contribution in [0.1, 0.15) is 78.1 Å². The zero-order valence-corrected chi connectivity index (χ0v) is 10.2. The highest BCUT2D eigenvalue weighted by molar-refractivity contribution is 4.50. The third kappa shape index (κ3) is 12.0. The number of unbranched alkanes of at least 4 members (excludes halogenated alkanes) is 8. The molecule has 0 aliphatic heterocycles. The lowest BCUT2D eigenvalue weighted by molar-refractivity contribution is 0.507. The SMILES string of the molecule is [CH]CCCCCCCCCCC(C)C. The van der Waals surface area contributed by atoms with Gasteiger partial charge in [0.15, 0.2) is 0 Å². The molecule has 0 aromatic heterocycles. The van der Waals surface area contributed by atoms with Crippen molar-refractivity contribution in [1.82, 2.24) is 0 Å². The maximum absolute atomic E-state index is 5.44. The standard InChI is InChI=1S/C14H28/c1-4-5-6-7-8-9-10-11-12-13-14(2)3/h1,14H,4-13H2,2-3H3. The van der Waals surface area contributed by atoms with Crippen LogP contribution in [0.3, 0.4) is 0 Å². The van der Waals surface area contributed by atoms with Crippen LogP contribution in [-0.2, 0) is 0 Å². The molecule has 0 saturated carbocycles. The molecule has 0 spiro atoms. The second-order valence-corrected chi connectivity index (χ2v) is 4.80. The first-order valence-electron chi connectivity index (χ1n) is 6.47. The normalized spacial score (nSPS) is 11.1. The molecule has 0 heterocycles. The fourth-order valence-electron chi connectivity index (χ4n) is 1.76. The predicted molar refractivity (Wildman–Crippen MR) is 65.3 cm³/mol. The zero-order chi connectivity index (χ0) is 10.6. The van der Waals surface area contributed by atoms with E-state index in [1.54, 1.807) is 0 Å². The van der Waals surface area contributed by atoms with E-state index in [4.69, 9.17) is 6.92 Å².